The average molecular weight is 253 g/mol. The van der Waals surface area contributed by atoms with Gasteiger partial charge in [0.25, 0.3) is 0 Å². The smallest absolute Gasteiger partial charge is 0.207 e. The fourth-order valence-corrected chi connectivity index (χ4v) is 1.29. The molecule has 8 nitrogen and oxygen atoms in total. The zero-order chi connectivity index (χ0) is 13.7. The van der Waals surface area contributed by atoms with Crippen LogP contribution in [0.1, 0.15) is 5.56 Å². The average Bonchev–Trinajstić information content (AvgIpc) is 2.34. The van der Waals surface area contributed by atoms with Crippen molar-refractivity contribution in [2.75, 3.05) is 14.2 Å². The lowest BCUT2D eigenvalue weighted by Gasteiger charge is -2.13. The zero-order valence-corrected chi connectivity index (χ0v) is 9.58. The lowest BCUT2D eigenvalue weighted by molar-refractivity contribution is -0.418. The summed E-state index contributed by atoms with van der Waals surface area (Å²) in [6.45, 7) is 0. The second-order valence-electron chi connectivity index (χ2n) is 3.05. The summed E-state index contributed by atoms with van der Waals surface area (Å²) in [7, 11) is 2.64. The van der Waals surface area contributed by atoms with E-state index in [9.17, 15) is 20.2 Å². The molecule has 0 atom stereocenters. The fourth-order valence-electron chi connectivity index (χ4n) is 1.29. The van der Waals surface area contributed by atoms with E-state index < -0.39 is 9.85 Å². The van der Waals surface area contributed by atoms with Crippen LogP contribution in [0.15, 0.2) is 12.1 Å². The first-order valence-corrected chi connectivity index (χ1v) is 4.63. The molecular formula is C10H9N2O6-. The molecule has 0 aromatic heterocycles. The zero-order valence-electron chi connectivity index (χ0n) is 9.58. The molecule has 0 N–H and O–H groups in total. The van der Waals surface area contributed by atoms with E-state index in [0.29, 0.717) is 0 Å². The van der Waals surface area contributed by atoms with Crippen LogP contribution in [0.5, 0.6) is 11.5 Å². The molecule has 0 aliphatic carbocycles. The van der Waals surface area contributed by atoms with Crippen LogP contribution in [-0.4, -0.2) is 24.1 Å². The number of rotatable bonds is 5. The summed E-state index contributed by atoms with van der Waals surface area (Å²) in [4.78, 5) is 19.6. The van der Waals surface area contributed by atoms with Crippen molar-refractivity contribution in [2.24, 2.45) is 0 Å². The Morgan fingerprint density at radius 3 is 2.33 bits per heavy atom. The third-order valence-corrected chi connectivity index (χ3v) is 2.06. The fraction of sp³-hybridized carbons (Fsp3) is 0.200. The molecule has 1 aromatic rings. The molecule has 0 heterocycles. The van der Waals surface area contributed by atoms with Gasteiger partial charge in [0.05, 0.1) is 20.0 Å². The van der Waals surface area contributed by atoms with Gasteiger partial charge in [-0.2, -0.15) is 0 Å². The Labute approximate surface area is 102 Å². The Balaban J connectivity index is 3.44. The number of ether oxygens (including phenoxy) is 2. The SMILES string of the molecule is COc1cc(OC)c(C=[C-][N+](=O)[O-])c([N+](=O)[O-])c1. The maximum Gasteiger partial charge on any atom is 0.207 e. The predicted octanol–water partition coefficient (Wildman–Crippen LogP) is 1.66. The second kappa shape index (κ2) is 5.62. The van der Waals surface area contributed by atoms with Crippen molar-refractivity contribution in [3.8, 4) is 11.5 Å². The molecule has 0 unspecified atom stereocenters. The lowest BCUT2D eigenvalue weighted by atomic mass is 10.1. The molecule has 0 saturated heterocycles. The van der Waals surface area contributed by atoms with Gasteiger partial charge in [0.2, 0.25) is 5.69 Å². The van der Waals surface area contributed by atoms with Crippen molar-refractivity contribution < 1.29 is 19.3 Å². The van der Waals surface area contributed by atoms with Crippen LogP contribution < -0.4 is 9.47 Å². The van der Waals surface area contributed by atoms with E-state index in [0.717, 1.165) is 12.1 Å². The van der Waals surface area contributed by atoms with Crippen molar-refractivity contribution in [2.45, 2.75) is 0 Å². The van der Waals surface area contributed by atoms with Gasteiger partial charge in [-0.25, -0.2) is 0 Å². The second-order valence-corrected chi connectivity index (χ2v) is 3.05. The molecule has 0 aliphatic rings. The monoisotopic (exact) mass is 253 g/mol. The number of hydrogen-bond donors (Lipinski definition) is 0. The Kier molecular flexibility index (Phi) is 4.19. The molecule has 0 radical (unpaired) electrons. The highest BCUT2D eigenvalue weighted by molar-refractivity contribution is 5.68. The van der Waals surface area contributed by atoms with Gasteiger partial charge in [-0.15, -0.1) is 6.08 Å². The van der Waals surface area contributed by atoms with Crippen LogP contribution in [0.4, 0.5) is 5.69 Å². The summed E-state index contributed by atoms with van der Waals surface area (Å²) in [5, 5.41) is 21.1. The first-order chi connectivity index (χ1) is 8.49. The number of hydrogen-bond acceptors (Lipinski definition) is 6. The van der Waals surface area contributed by atoms with Gasteiger partial charge in [-0.05, 0) is 4.92 Å². The summed E-state index contributed by atoms with van der Waals surface area (Å²) >= 11 is 0. The first kappa shape index (κ1) is 13.4. The normalized spacial score (nSPS) is 10.3. The van der Waals surface area contributed by atoms with Gasteiger partial charge in [0.15, 0.2) is 0 Å². The van der Waals surface area contributed by atoms with E-state index in [-0.39, 0.29) is 22.7 Å². The largest absolute Gasteiger partial charge is 0.515 e. The summed E-state index contributed by atoms with van der Waals surface area (Å²) in [6.07, 6.45) is 2.63. The molecule has 0 amide bonds. The quantitative estimate of drug-likeness (QED) is 0.342. The van der Waals surface area contributed by atoms with Crippen LogP contribution in [-0.2, 0) is 0 Å². The van der Waals surface area contributed by atoms with Crippen molar-refractivity contribution in [3.63, 3.8) is 0 Å². The molecule has 8 heteroatoms. The van der Waals surface area contributed by atoms with E-state index in [1.54, 1.807) is 6.20 Å². The van der Waals surface area contributed by atoms with E-state index >= 15 is 0 Å². The topological polar surface area (TPSA) is 105 Å². The molecule has 1 rings (SSSR count). The molecule has 0 fully saturated rings. The van der Waals surface area contributed by atoms with E-state index in [1.165, 1.54) is 20.3 Å². The van der Waals surface area contributed by atoms with Crippen LogP contribution in [0.3, 0.4) is 0 Å². The standard InChI is InChI=1S/C10H9N2O6/c1-17-7-5-9(12(15)16)8(3-4-11(13)14)10(6-7)18-2/h3,5-6H,1-2H3/q-1. The van der Waals surface area contributed by atoms with Gasteiger partial charge in [0.1, 0.15) is 11.9 Å². The minimum absolute atomic E-state index is 0.0417. The number of nitrogens with zero attached hydrogens (tertiary/aromatic N) is 2. The highest BCUT2D eigenvalue weighted by Gasteiger charge is 2.12. The number of nitro groups is 2. The third kappa shape index (κ3) is 2.94. The van der Waals surface area contributed by atoms with Crippen molar-refractivity contribution >= 4 is 11.8 Å². The highest BCUT2D eigenvalue weighted by Crippen LogP contribution is 2.34. The minimum Gasteiger partial charge on any atom is -0.515 e. The maximum atomic E-state index is 10.9. The van der Waals surface area contributed by atoms with E-state index in [4.69, 9.17) is 9.47 Å². The molecule has 1 aromatic carbocycles. The van der Waals surface area contributed by atoms with Gasteiger partial charge in [-0.3, -0.25) is 20.2 Å². The first-order valence-electron chi connectivity index (χ1n) is 4.63. The van der Waals surface area contributed by atoms with Crippen molar-refractivity contribution in [1.82, 2.24) is 0 Å². The maximum absolute atomic E-state index is 10.9. The van der Waals surface area contributed by atoms with Crippen LogP contribution in [0.2, 0.25) is 0 Å². The van der Waals surface area contributed by atoms with Crippen molar-refractivity contribution in [1.29, 1.82) is 0 Å². The van der Waals surface area contributed by atoms with Crippen LogP contribution in [0, 0.1) is 26.4 Å². The predicted molar refractivity (Wildman–Crippen MR) is 60.9 cm³/mol. The molecule has 0 spiro atoms. The third-order valence-electron chi connectivity index (χ3n) is 2.06. The summed E-state index contributed by atoms with van der Waals surface area (Å²) in [5.41, 5.74) is -0.402. The molecule has 96 valence electrons. The van der Waals surface area contributed by atoms with Gasteiger partial charge in [-0.1, -0.05) is 5.56 Å². The molecule has 0 saturated carbocycles. The molecular weight excluding hydrogens is 244 g/mol. The number of nitro benzene ring substituents is 1. The number of methoxy groups -OCH3 is 2. The number of benzene rings is 1. The Morgan fingerprint density at radius 2 is 1.89 bits per heavy atom. The summed E-state index contributed by atoms with van der Waals surface area (Å²) < 4.78 is 9.81. The molecule has 0 aliphatic heterocycles. The van der Waals surface area contributed by atoms with Gasteiger partial charge < -0.3 is 9.47 Å². The van der Waals surface area contributed by atoms with Gasteiger partial charge >= 0.3 is 0 Å². The van der Waals surface area contributed by atoms with E-state index in [2.05, 4.69) is 0 Å². The Bertz CT molecular complexity index is 511. The molecule has 0 bridgehead atoms. The lowest BCUT2D eigenvalue weighted by Crippen LogP contribution is -1.98. The minimum atomic E-state index is -0.840. The molecule has 18 heavy (non-hydrogen) atoms. The van der Waals surface area contributed by atoms with Gasteiger partial charge in [0, 0.05) is 17.1 Å². The summed E-state index contributed by atoms with van der Waals surface area (Å²) in [5.74, 6) is 0.312. The van der Waals surface area contributed by atoms with Crippen LogP contribution >= 0.6 is 0 Å². The van der Waals surface area contributed by atoms with Crippen LogP contribution in [0.25, 0.3) is 6.08 Å². The highest BCUT2D eigenvalue weighted by atomic mass is 16.6. The Morgan fingerprint density at radius 1 is 1.22 bits per heavy atom. The Hall–Kier alpha value is -2.64. The van der Waals surface area contributed by atoms with Crippen molar-refractivity contribution in [3.05, 3.63) is 44.1 Å². The van der Waals surface area contributed by atoms with E-state index in [1.807, 2.05) is 0 Å². The summed E-state index contributed by atoms with van der Waals surface area (Å²) in [6, 6.07) is 2.54.